The van der Waals surface area contributed by atoms with Crippen molar-refractivity contribution < 1.29 is 19.0 Å². The number of rotatable bonds is 9. The SMILES string of the molecule is CCOC(=O)c1cc2ccnc(OC3CC3)c2n1COCC[Si](C)(C)C. The summed E-state index contributed by atoms with van der Waals surface area (Å²) in [6, 6.07) is 4.79. The smallest absolute Gasteiger partial charge is 0.355 e. The van der Waals surface area contributed by atoms with Crippen LogP contribution in [-0.2, 0) is 16.2 Å². The highest BCUT2D eigenvalue weighted by atomic mass is 28.3. The molecule has 2 aromatic rings. The first-order chi connectivity index (χ1) is 12.4. The van der Waals surface area contributed by atoms with Gasteiger partial charge < -0.3 is 18.8 Å². The number of ether oxygens (including phenoxy) is 3. The van der Waals surface area contributed by atoms with Gasteiger partial charge in [-0.25, -0.2) is 9.78 Å². The molecule has 26 heavy (non-hydrogen) atoms. The van der Waals surface area contributed by atoms with Gasteiger partial charge in [0.25, 0.3) is 0 Å². The van der Waals surface area contributed by atoms with Gasteiger partial charge >= 0.3 is 5.97 Å². The number of fused-ring (bicyclic) bond motifs is 1. The van der Waals surface area contributed by atoms with E-state index in [-0.39, 0.29) is 18.8 Å². The first-order valence-corrected chi connectivity index (χ1v) is 13.0. The van der Waals surface area contributed by atoms with Crippen molar-refractivity contribution in [3.8, 4) is 5.88 Å². The molecule has 0 bridgehead atoms. The largest absolute Gasteiger partial charge is 0.473 e. The molecule has 2 heterocycles. The van der Waals surface area contributed by atoms with E-state index in [1.165, 1.54) is 0 Å². The Labute approximate surface area is 155 Å². The molecule has 6 nitrogen and oxygen atoms in total. The van der Waals surface area contributed by atoms with Gasteiger partial charge in [0.1, 0.15) is 24.0 Å². The molecule has 0 spiro atoms. The summed E-state index contributed by atoms with van der Waals surface area (Å²) < 4.78 is 18.9. The van der Waals surface area contributed by atoms with Gasteiger partial charge in [0, 0.05) is 26.3 Å². The van der Waals surface area contributed by atoms with Gasteiger partial charge in [0.2, 0.25) is 5.88 Å². The summed E-state index contributed by atoms with van der Waals surface area (Å²) in [6.07, 6.45) is 4.05. The Morgan fingerprint density at radius 3 is 2.77 bits per heavy atom. The van der Waals surface area contributed by atoms with Crippen LogP contribution in [-0.4, -0.2) is 42.9 Å². The number of carbonyl (C=O) groups is 1. The molecule has 0 radical (unpaired) electrons. The zero-order valence-corrected chi connectivity index (χ0v) is 17.1. The molecule has 1 saturated carbocycles. The standard InChI is InChI=1S/C19H28N2O4Si/c1-5-24-19(22)16-12-14-8-9-20-18(25-15-6-7-15)17(14)21(16)13-23-10-11-26(2,3)4/h8-9,12,15H,5-7,10-11,13H2,1-4H3. The molecular weight excluding hydrogens is 348 g/mol. The van der Waals surface area contributed by atoms with Gasteiger partial charge in [-0.3, -0.25) is 0 Å². The van der Waals surface area contributed by atoms with E-state index in [1.54, 1.807) is 13.1 Å². The zero-order valence-electron chi connectivity index (χ0n) is 16.1. The summed E-state index contributed by atoms with van der Waals surface area (Å²) in [5.74, 6) is 0.212. The Kier molecular flexibility index (Phi) is 5.67. The van der Waals surface area contributed by atoms with Crippen molar-refractivity contribution in [3.63, 3.8) is 0 Å². The lowest BCUT2D eigenvalue weighted by Gasteiger charge is -2.17. The van der Waals surface area contributed by atoms with E-state index in [2.05, 4.69) is 24.6 Å². The van der Waals surface area contributed by atoms with Crippen LogP contribution < -0.4 is 4.74 Å². The normalized spacial score (nSPS) is 14.6. The second-order valence-electron chi connectivity index (χ2n) is 7.90. The first-order valence-electron chi connectivity index (χ1n) is 9.29. The topological polar surface area (TPSA) is 62.6 Å². The van der Waals surface area contributed by atoms with Crippen LogP contribution in [0.1, 0.15) is 30.3 Å². The molecule has 0 aliphatic heterocycles. The van der Waals surface area contributed by atoms with E-state index in [9.17, 15) is 4.79 Å². The molecule has 0 aromatic carbocycles. The van der Waals surface area contributed by atoms with Crippen LogP contribution in [0.2, 0.25) is 25.7 Å². The summed E-state index contributed by atoms with van der Waals surface area (Å²) in [5, 5.41) is 0.910. The number of hydrogen-bond donors (Lipinski definition) is 0. The summed E-state index contributed by atoms with van der Waals surface area (Å²) in [7, 11) is -1.17. The Hall–Kier alpha value is -1.86. The maximum atomic E-state index is 12.4. The average Bonchev–Trinajstić information content (AvgIpc) is 3.30. The molecule has 2 aromatic heterocycles. The fourth-order valence-corrected chi connectivity index (χ4v) is 3.41. The lowest BCUT2D eigenvalue weighted by molar-refractivity contribution is 0.0477. The molecule has 7 heteroatoms. The minimum absolute atomic E-state index is 0.232. The summed E-state index contributed by atoms with van der Waals surface area (Å²) in [5.41, 5.74) is 1.28. The molecule has 1 fully saturated rings. The van der Waals surface area contributed by atoms with Crippen molar-refractivity contribution >= 4 is 24.9 Å². The molecule has 0 N–H and O–H groups in total. The highest BCUT2D eigenvalue weighted by Crippen LogP contribution is 2.32. The average molecular weight is 377 g/mol. The highest BCUT2D eigenvalue weighted by Gasteiger charge is 2.27. The van der Waals surface area contributed by atoms with Crippen molar-refractivity contribution in [2.24, 2.45) is 0 Å². The van der Waals surface area contributed by atoms with Crippen LogP contribution in [0, 0.1) is 0 Å². The van der Waals surface area contributed by atoms with Crippen LogP contribution >= 0.6 is 0 Å². The Morgan fingerprint density at radius 2 is 2.12 bits per heavy atom. The lowest BCUT2D eigenvalue weighted by Crippen LogP contribution is -2.22. The zero-order chi connectivity index (χ0) is 18.7. The van der Waals surface area contributed by atoms with E-state index in [0.717, 1.165) is 29.8 Å². The van der Waals surface area contributed by atoms with E-state index in [0.29, 0.717) is 24.8 Å². The third kappa shape index (κ3) is 4.65. The van der Waals surface area contributed by atoms with Crippen molar-refractivity contribution in [3.05, 3.63) is 24.0 Å². The van der Waals surface area contributed by atoms with Crippen LogP contribution in [0.15, 0.2) is 18.3 Å². The van der Waals surface area contributed by atoms with Gasteiger partial charge in [0.05, 0.1) is 6.61 Å². The van der Waals surface area contributed by atoms with E-state index in [4.69, 9.17) is 14.2 Å². The molecule has 0 amide bonds. The minimum Gasteiger partial charge on any atom is -0.473 e. The number of esters is 1. The maximum Gasteiger partial charge on any atom is 0.355 e. The first kappa shape index (κ1) is 18.9. The molecule has 1 aliphatic carbocycles. The fourth-order valence-electron chi connectivity index (χ4n) is 2.65. The Balaban J connectivity index is 1.89. The third-order valence-corrected chi connectivity index (χ3v) is 5.98. The summed E-state index contributed by atoms with van der Waals surface area (Å²) in [4.78, 5) is 16.8. The number of aromatic nitrogens is 2. The van der Waals surface area contributed by atoms with E-state index in [1.807, 2.05) is 16.7 Å². The van der Waals surface area contributed by atoms with Crippen LogP contribution in [0.4, 0.5) is 0 Å². The number of carbonyl (C=O) groups excluding carboxylic acids is 1. The van der Waals surface area contributed by atoms with Gasteiger partial charge in [-0.15, -0.1) is 0 Å². The predicted molar refractivity (Wildman–Crippen MR) is 103 cm³/mol. The predicted octanol–water partition coefficient (Wildman–Crippen LogP) is 4.07. The van der Waals surface area contributed by atoms with Gasteiger partial charge in [-0.2, -0.15) is 0 Å². The molecule has 0 atom stereocenters. The summed E-state index contributed by atoms with van der Waals surface area (Å²) in [6.45, 7) is 10.1. The summed E-state index contributed by atoms with van der Waals surface area (Å²) >= 11 is 0. The Morgan fingerprint density at radius 1 is 1.35 bits per heavy atom. The van der Waals surface area contributed by atoms with Crippen LogP contribution in [0.5, 0.6) is 5.88 Å². The van der Waals surface area contributed by atoms with Gasteiger partial charge in [-0.05, 0) is 37.9 Å². The maximum absolute atomic E-state index is 12.4. The minimum atomic E-state index is -1.17. The molecule has 142 valence electrons. The molecule has 0 unspecified atom stereocenters. The number of hydrogen-bond acceptors (Lipinski definition) is 5. The second-order valence-corrected chi connectivity index (χ2v) is 13.5. The van der Waals surface area contributed by atoms with E-state index >= 15 is 0 Å². The second kappa shape index (κ2) is 7.80. The number of pyridine rings is 1. The lowest BCUT2D eigenvalue weighted by atomic mass is 10.3. The molecule has 3 rings (SSSR count). The van der Waals surface area contributed by atoms with Gasteiger partial charge in [-0.1, -0.05) is 19.6 Å². The monoisotopic (exact) mass is 376 g/mol. The van der Waals surface area contributed by atoms with Crippen molar-refractivity contribution in [1.82, 2.24) is 9.55 Å². The Bertz CT molecular complexity index is 778. The van der Waals surface area contributed by atoms with Crippen molar-refractivity contribution in [2.75, 3.05) is 13.2 Å². The van der Waals surface area contributed by atoms with Crippen molar-refractivity contribution in [1.29, 1.82) is 0 Å². The molecule has 0 saturated heterocycles. The van der Waals surface area contributed by atoms with Crippen LogP contribution in [0.3, 0.4) is 0 Å². The third-order valence-electron chi connectivity index (χ3n) is 4.28. The highest BCUT2D eigenvalue weighted by molar-refractivity contribution is 6.76. The molecule has 1 aliphatic rings. The van der Waals surface area contributed by atoms with Crippen molar-refractivity contribution in [2.45, 2.75) is 58.3 Å². The van der Waals surface area contributed by atoms with Crippen LogP contribution in [0.25, 0.3) is 10.9 Å². The van der Waals surface area contributed by atoms with E-state index < -0.39 is 8.07 Å². The molecular formula is C19H28N2O4Si. The van der Waals surface area contributed by atoms with Gasteiger partial charge in [0.15, 0.2) is 0 Å². The fraction of sp³-hybridized carbons (Fsp3) is 0.579. The quantitative estimate of drug-likeness (QED) is 0.375. The number of nitrogens with zero attached hydrogens (tertiary/aromatic N) is 2.